The first-order chi connectivity index (χ1) is 10.5. The molecule has 2 fully saturated rings. The monoisotopic (exact) mass is 322 g/mol. The summed E-state index contributed by atoms with van der Waals surface area (Å²) in [5, 5.41) is 7.19. The van der Waals surface area contributed by atoms with Crippen molar-refractivity contribution in [2.75, 3.05) is 13.1 Å². The first kappa shape index (κ1) is 15.7. The molecule has 3 rings (SSSR count). The summed E-state index contributed by atoms with van der Waals surface area (Å²) in [7, 11) is 0. The molecule has 5 nitrogen and oxygen atoms in total. The number of carbonyl (C=O) groups excluding carboxylic acids is 1. The molecule has 2 heterocycles. The van der Waals surface area contributed by atoms with Gasteiger partial charge in [0.15, 0.2) is 0 Å². The lowest BCUT2D eigenvalue weighted by molar-refractivity contribution is -0.125. The van der Waals surface area contributed by atoms with E-state index in [0.29, 0.717) is 11.1 Å². The molecule has 2 aliphatic rings. The lowest BCUT2D eigenvalue weighted by atomic mass is 9.88. The van der Waals surface area contributed by atoms with E-state index in [0.717, 1.165) is 25.1 Å². The van der Waals surface area contributed by atoms with Gasteiger partial charge in [-0.1, -0.05) is 23.7 Å². The zero-order valence-electron chi connectivity index (χ0n) is 12.9. The number of fused-ring (bicyclic) bond motifs is 1. The highest BCUT2D eigenvalue weighted by Crippen LogP contribution is 2.25. The van der Waals surface area contributed by atoms with E-state index in [-0.39, 0.29) is 17.9 Å². The van der Waals surface area contributed by atoms with Crippen molar-refractivity contribution in [1.29, 1.82) is 0 Å². The second kappa shape index (κ2) is 6.16. The van der Waals surface area contributed by atoms with Gasteiger partial charge in [0.25, 0.3) is 0 Å². The molecule has 2 aliphatic heterocycles. The number of hydrogen-bond acceptors (Lipinski definition) is 4. The molecule has 0 saturated carbocycles. The summed E-state index contributed by atoms with van der Waals surface area (Å²) in [5.74, 6) is 0.303. The van der Waals surface area contributed by atoms with Gasteiger partial charge in [0.2, 0.25) is 5.91 Å². The van der Waals surface area contributed by atoms with Gasteiger partial charge in [-0.3, -0.25) is 10.2 Å². The van der Waals surface area contributed by atoms with Crippen LogP contribution in [0.4, 0.5) is 0 Å². The predicted octanol–water partition coefficient (Wildman–Crippen LogP) is 1.15. The first-order valence-corrected chi connectivity index (χ1v) is 8.15. The van der Waals surface area contributed by atoms with Crippen molar-refractivity contribution in [3.05, 3.63) is 34.9 Å². The van der Waals surface area contributed by atoms with Crippen LogP contribution in [0.25, 0.3) is 0 Å². The van der Waals surface area contributed by atoms with Gasteiger partial charge in [0, 0.05) is 23.5 Å². The summed E-state index contributed by atoms with van der Waals surface area (Å²) in [6.07, 6.45) is 1.04. The van der Waals surface area contributed by atoms with Crippen LogP contribution in [0.2, 0.25) is 5.02 Å². The highest BCUT2D eigenvalue weighted by Gasteiger charge is 2.42. The van der Waals surface area contributed by atoms with Crippen molar-refractivity contribution in [3.8, 4) is 0 Å². The van der Waals surface area contributed by atoms with E-state index in [9.17, 15) is 4.79 Å². The Bertz CT molecular complexity index is 563. The van der Waals surface area contributed by atoms with E-state index in [4.69, 9.17) is 11.6 Å². The average Bonchev–Trinajstić information content (AvgIpc) is 2.91. The SMILES string of the molecule is CC(C)(NC(=O)C1NNC2CCNCC21)c1cccc(Cl)c1. The van der Waals surface area contributed by atoms with Crippen LogP contribution >= 0.6 is 11.6 Å². The largest absolute Gasteiger partial charge is 0.346 e. The standard InChI is InChI=1S/C16H23ClN4O/c1-16(2,10-4-3-5-11(17)8-10)19-15(22)14-12-9-18-7-6-13(12)20-21-14/h3-5,8,12-14,18,20-21H,6-7,9H2,1-2H3,(H,19,22). The number of rotatable bonds is 3. The summed E-state index contributed by atoms with van der Waals surface area (Å²) < 4.78 is 0. The third kappa shape index (κ3) is 3.13. The molecule has 0 aliphatic carbocycles. The topological polar surface area (TPSA) is 65.2 Å². The van der Waals surface area contributed by atoms with Gasteiger partial charge in [-0.05, 0) is 44.5 Å². The Morgan fingerprint density at radius 3 is 2.95 bits per heavy atom. The van der Waals surface area contributed by atoms with Gasteiger partial charge in [0.1, 0.15) is 6.04 Å². The summed E-state index contributed by atoms with van der Waals surface area (Å²) >= 11 is 6.06. The van der Waals surface area contributed by atoms with Gasteiger partial charge in [-0.25, -0.2) is 5.43 Å². The highest BCUT2D eigenvalue weighted by atomic mass is 35.5. The fourth-order valence-electron chi connectivity index (χ4n) is 3.31. The smallest absolute Gasteiger partial charge is 0.239 e. The number of carbonyl (C=O) groups is 1. The van der Waals surface area contributed by atoms with Crippen molar-refractivity contribution in [2.24, 2.45) is 5.92 Å². The molecule has 1 amide bonds. The Morgan fingerprint density at radius 1 is 1.36 bits per heavy atom. The van der Waals surface area contributed by atoms with Crippen molar-refractivity contribution >= 4 is 17.5 Å². The maximum absolute atomic E-state index is 12.7. The minimum atomic E-state index is -0.468. The lowest BCUT2D eigenvalue weighted by Crippen LogP contribution is -2.53. The number of piperidine rings is 1. The Hall–Kier alpha value is -1.14. The molecule has 2 saturated heterocycles. The minimum Gasteiger partial charge on any atom is -0.346 e. The van der Waals surface area contributed by atoms with E-state index >= 15 is 0 Å². The van der Waals surface area contributed by atoms with Crippen molar-refractivity contribution in [2.45, 2.75) is 37.9 Å². The maximum atomic E-state index is 12.7. The molecule has 1 aromatic rings. The molecule has 0 radical (unpaired) electrons. The Labute approximate surface area is 136 Å². The molecule has 0 spiro atoms. The fraction of sp³-hybridized carbons (Fsp3) is 0.562. The van der Waals surface area contributed by atoms with Crippen molar-refractivity contribution in [1.82, 2.24) is 21.5 Å². The lowest BCUT2D eigenvalue weighted by Gasteiger charge is -2.31. The molecule has 3 atom stereocenters. The molecule has 22 heavy (non-hydrogen) atoms. The average molecular weight is 323 g/mol. The molecule has 1 aromatic carbocycles. The van der Waals surface area contributed by atoms with Gasteiger partial charge < -0.3 is 10.6 Å². The highest BCUT2D eigenvalue weighted by molar-refractivity contribution is 6.30. The molecule has 6 heteroatoms. The predicted molar refractivity (Wildman–Crippen MR) is 87.4 cm³/mol. The van der Waals surface area contributed by atoms with Crippen LogP contribution in [0, 0.1) is 5.92 Å². The van der Waals surface area contributed by atoms with Crippen LogP contribution in [0.3, 0.4) is 0 Å². The van der Waals surface area contributed by atoms with Crippen molar-refractivity contribution < 1.29 is 4.79 Å². The second-order valence-electron chi connectivity index (χ2n) is 6.65. The maximum Gasteiger partial charge on any atom is 0.239 e. The van der Waals surface area contributed by atoms with E-state index in [1.54, 1.807) is 0 Å². The van der Waals surface area contributed by atoms with E-state index in [1.807, 2.05) is 38.1 Å². The number of nitrogens with one attached hydrogen (secondary N) is 4. The van der Waals surface area contributed by atoms with Crippen LogP contribution in [-0.2, 0) is 10.3 Å². The number of halogens is 1. The van der Waals surface area contributed by atoms with Gasteiger partial charge in [0.05, 0.1) is 5.54 Å². The van der Waals surface area contributed by atoms with Gasteiger partial charge >= 0.3 is 0 Å². The zero-order chi connectivity index (χ0) is 15.7. The third-order valence-corrected chi connectivity index (χ3v) is 4.88. The Balaban J connectivity index is 1.70. The zero-order valence-corrected chi connectivity index (χ0v) is 13.7. The number of hydrogen-bond donors (Lipinski definition) is 4. The van der Waals surface area contributed by atoms with Crippen LogP contribution in [0.5, 0.6) is 0 Å². The van der Waals surface area contributed by atoms with Crippen LogP contribution in [0.15, 0.2) is 24.3 Å². The molecule has 0 bridgehead atoms. The Kier molecular flexibility index (Phi) is 4.41. The van der Waals surface area contributed by atoms with Crippen LogP contribution in [0.1, 0.15) is 25.8 Å². The number of hydrazine groups is 1. The molecule has 3 unspecified atom stereocenters. The fourth-order valence-corrected chi connectivity index (χ4v) is 3.50. The van der Waals surface area contributed by atoms with Crippen LogP contribution in [-0.4, -0.2) is 31.1 Å². The molecule has 0 aromatic heterocycles. The summed E-state index contributed by atoms with van der Waals surface area (Å²) in [6.45, 7) is 5.85. The van der Waals surface area contributed by atoms with E-state index in [1.165, 1.54) is 0 Å². The Morgan fingerprint density at radius 2 is 2.18 bits per heavy atom. The second-order valence-corrected chi connectivity index (χ2v) is 7.09. The van der Waals surface area contributed by atoms with Crippen LogP contribution < -0.4 is 21.5 Å². The van der Waals surface area contributed by atoms with Gasteiger partial charge in [-0.15, -0.1) is 0 Å². The third-order valence-electron chi connectivity index (χ3n) is 4.65. The minimum absolute atomic E-state index is 0.0219. The summed E-state index contributed by atoms with van der Waals surface area (Å²) in [6, 6.07) is 7.78. The van der Waals surface area contributed by atoms with E-state index < -0.39 is 5.54 Å². The quantitative estimate of drug-likeness (QED) is 0.674. The summed E-state index contributed by atoms with van der Waals surface area (Å²) in [4.78, 5) is 12.7. The molecule has 120 valence electrons. The van der Waals surface area contributed by atoms with Crippen molar-refractivity contribution in [3.63, 3.8) is 0 Å². The number of benzene rings is 1. The van der Waals surface area contributed by atoms with Gasteiger partial charge in [-0.2, -0.15) is 0 Å². The normalized spacial score (nSPS) is 28.2. The molecule has 4 N–H and O–H groups in total. The summed E-state index contributed by atoms with van der Waals surface area (Å²) in [5.41, 5.74) is 6.94. The first-order valence-electron chi connectivity index (χ1n) is 7.77. The molecular formula is C16H23ClN4O. The number of amides is 1. The van der Waals surface area contributed by atoms with E-state index in [2.05, 4.69) is 21.5 Å². The molecular weight excluding hydrogens is 300 g/mol.